The van der Waals surface area contributed by atoms with Gasteiger partial charge in [-0.15, -0.1) is 0 Å². The van der Waals surface area contributed by atoms with Crippen LogP contribution in [0.1, 0.15) is 0 Å². The first-order valence-electron chi connectivity index (χ1n) is 17.3. The summed E-state index contributed by atoms with van der Waals surface area (Å²) in [5.74, 6) is 2.41. The molecule has 0 aliphatic rings. The maximum atomic E-state index is 6.67. The molecular formula is C45H29BN6. The maximum Gasteiger partial charge on any atom is 0.145 e. The van der Waals surface area contributed by atoms with Crippen molar-refractivity contribution in [3.63, 3.8) is 0 Å². The lowest BCUT2D eigenvalue weighted by molar-refractivity contribution is 1.09. The second-order valence-electron chi connectivity index (χ2n) is 12.8. The third kappa shape index (κ3) is 4.86. The predicted molar refractivity (Wildman–Crippen MR) is 212 cm³/mol. The smallest absolute Gasteiger partial charge is 0.145 e. The number of rotatable bonds is 6. The van der Waals surface area contributed by atoms with Crippen molar-refractivity contribution in [3.05, 3.63) is 176 Å². The van der Waals surface area contributed by atoms with Crippen LogP contribution in [0, 0.1) is 0 Å². The van der Waals surface area contributed by atoms with Gasteiger partial charge in [0.05, 0.1) is 33.1 Å². The molecule has 0 N–H and O–H groups in total. The van der Waals surface area contributed by atoms with Gasteiger partial charge in [-0.05, 0) is 84.9 Å². The molecule has 52 heavy (non-hydrogen) atoms. The first kappa shape index (κ1) is 29.9. The molecule has 3 heterocycles. The second-order valence-corrected chi connectivity index (χ2v) is 12.8. The van der Waals surface area contributed by atoms with Crippen molar-refractivity contribution in [3.8, 4) is 51.2 Å². The molecule has 6 nitrogen and oxygen atoms in total. The van der Waals surface area contributed by atoms with E-state index in [1.807, 2.05) is 66.7 Å². The van der Waals surface area contributed by atoms with E-state index in [4.69, 9.17) is 22.8 Å². The molecule has 0 unspecified atom stereocenters. The summed E-state index contributed by atoms with van der Waals surface area (Å²) in [4.78, 5) is 15.8. The summed E-state index contributed by atoms with van der Waals surface area (Å²) in [5.41, 5.74) is 12.1. The summed E-state index contributed by atoms with van der Waals surface area (Å²) in [6, 6.07) is 60.1. The molecule has 0 fully saturated rings. The Labute approximate surface area is 301 Å². The lowest BCUT2D eigenvalue weighted by Gasteiger charge is -2.16. The number of benzene rings is 7. The third-order valence-electron chi connectivity index (χ3n) is 9.60. The van der Waals surface area contributed by atoms with E-state index in [1.165, 1.54) is 0 Å². The molecule has 3 aromatic heterocycles. The molecule has 0 aliphatic heterocycles. The van der Waals surface area contributed by atoms with Crippen molar-refractivity contribution in [2.24, 2.45) is 0 Å². The summed E-state index contributed by atoms with van der Waals surface area (Å²) < 4.78 is 6.63. The van der Waals surface area contributed by atoms with Gasteiger partial charge in [-0.3, -0.25) is 13.7 Å². The van der Waals surface area contributed by atoms with Crippen LogP contribution in [0.25, 0.3) is 84.3 Å². The molecular weight excluding hydrogens is 635 g/mol. The number of hydrogen-bond acceptors (Lipinski definition) is 3. The lowest BCUT2D eigenvalue weighted by atomic mass is 9.94. The zero-order valence-electron chi connectivity index (χ0n) is 28.0. The molecule has 7 aromatic carbocycles. The van der Waals surface area contributed by atoms with Crippen LogP contribution in [0.3, 0.4) is 0 Å². The monoisotopic (exact) mass is 664 g/mol. The van der Waals surface area contributed by atoms with Crippen molar-refractivity contribution in [1.82, 2.24) is 28.7 Å². The Balaban J connectivity index is 1.32. The van der Waals surface area contributed by atoms with Gasteiger partial charge in [0.2, 0.25) is 0 Å². The van der Waals surface area contributed by atoms with Gasteiger partial charge in [0.25, 0.3) is 0 Å². The van der Waals surface area contributed by atoms with Crippen molar-refractivity contribution < 1.29 is 0 Å². The highest BCUT2D eigenvalue weighted by atomic mass is 15.1. The van der Waals surface area contributed by atoms with Gasteiger partial charge in [0, 0.05) is 33.8 Å². The molecule has 0 aliphatic carbocycles. The molecule has 2 radical (unpaired) electrons. The summed E-state index contributed by atoms with van der Waals surface area (Å²) in [5, 5.41) is 0. The number of fused-ring (bicyclic) bond motifs is 3. The van der Waals surface area contributed by atoms with E-state index >= 15 is 0 Å². The average molecular weight is 665 g/mol. The van der Waals surface area contributed by atoms with E-state index in [0.717, 1.165) is 84.3 Å². The van der Waals surface area contributed by atoms with E-state index in [2.05, 4.69) is 123 Å². The molecule has 0 bridgehead atoms. The minimum atomic E-state index is 0.667. The maximum absolute atomic E-state index is 6.67. The molecule has 10 aromatic rings. The Morgan fingerprint density at radius 1 is 0.346 bits per heavy atom. The standard InChI is InChI=1S/C45H29BN6/c46-35-19-7-11-23-39(35)52-42-26-14-10-22-38(42)49-45(52)32-28-30(43-47-36-20-8-12-24-40(36)50(43)33-15-3-1-4-16-33)27-31(29-32)44-48-37-21-9-13-25-41(37)51(44)34-17-5-2-6-18-34/h1-29H. The van der Waals surface area contributed by atoms with Crippen LogP contribution in [0.2, 0.25) is 0 Å². The number of aromatic nitrogens is 6. The van der Waals surface area contributed by atoms with Crippen LogP contribution in [0.5, 0.6) is 0 Å². The van der Waals surface area contributed by atoms with Crippen LogP contribution in [0.4, 0.5) is 0 Å². The van der Waals surface area contributed by atoms with Gasteiger partial charge in [-0.1, -0.05) is 96.5 Å². The number of hydrogen-bond donors (Lipinski definition) is 0. The first-order valence-corrected chi connectivity index (χ1v) is 17.3. The first-order chi connectivity index (χ1) is 25.7. The Morgan fingerprint density at radius 2 is 0.692 bits per heavy atom. The highest BCUT2D eigenvalue weighted by molar-refractivity contribution is 6.34. The van der Waals surface area contributed by atoms with E-state index < -0.39 is 0 Å². The topological polar surface area (TPSA) is 53.5 Å². The summed E-state index contributed by atoms with van der Waals surface area (Å²) in [7, 11) is 6.67. The highest BCUT2D eigenvalue weighted by Crippen LogP contribution is 2.38. The molecule has 0 saturated carbocycles. The number of nitrogens with zero attached hydrogens (tertiary/aromatic N) is 6. The lowest BCUT2D eigenvalue weighted by Crippen LogP contribution is -2.13. The fraction of sp³-hybridized carbons (Fsp3) is 0. The Hall–Kier alpha value is -6.99. The molecule has 0 atom stereocenters. The molecule has 0 saturated heterocycles. The van der Waals surface area contributed by atoms with Crippen molar-refractivity contribution >= 4 is 46.4 Å². The van der Waals surface area contributed by atoms with Gasteiger partial charge in [0.15, 0.2) is 0 Å². The van der Waals surface area contributed by atoms with Gasteiger partial charge in [0.1, 0.15) is 25.3 Å². The van der Waals surface area contributed by atoms with Crippen molar-refractivity contribution in [2.75, 3.05) is 0 Å². The normalized spacial score (nSPS) is 11.5. The largest absolute Gasteiger partial charge is 0.293 e. The number of imidazole rings is 3. The summed E-state index contributed by atoms with van der Waals surface area (Å²) in [6.45, 7) is 0. The SMILES string of the molecule is [B]c1ccccc1-n1c(-c2cc(-c3nc4ccccc4n3-c3ccccc3)cc(-c3nc4ccccc4n3-c3ccccc3)c2)nc2ccccc21. The molecule has 0 amide bonds. The third-order valence-corrected chi connectivity index (χ3v) is 9.60. The molecule has 7 heteroatoms. The Kier molecular flexibility index (Phi) is 6.96. The minimum Gasteiger partial charge on any atom is -0.293 e. The van der Waals surface area contributed by atoms with Crippen LogP contribution in [-0.2, 0) is 0 Å². The number of para-hydroxylation sites is 9. The molecule has 10 rings (SSSR count). The van der Waals surface area contributed by atoms with E-state index in [9.17, 15) is 0 Å². The van der Waals surface area contributed by atoms with E-state index in [-0.39, 0.29) is 0 Å². The van der Waals surface area contributed by atoms with Crippen molar-refractivity contribution in [1.29, 1.82) is 0 Å². The van der Waals surface area contributed by atoms with E-state index in [0.29, 0.717) is 5.46 Å². The molecule has 242 valence electrons. The molecule has 0 spiro atoms. The van der Waals surface area contributed by atoms with E-state index in [1.54, 1.807) is 0 Å². The fourth-order valence-corrected chi connectivity index (χ4v) is 7.29. The predicted octanol–water partition coefficient (Wildman–Crippen LogP) is 9.50. The van der Waals surface area contributed by atoms with Crippen LogP contribution in [-0.4, -0.2) is 36.5 Å². The Bertz CT molecular complexity index is 2790. The van der Waals surface area contributed by atoms with Crippen molar-refractivity contribution in [2.45, 2.75) is 0 Å². The summed E-state index contributed by atoms with van der Waals surface area (Å²) >= 11 is 0. The highest BCUT2D eigenvalue weighted by Gasteiger charge is 2.22. The Morgan fingerprint density at radius 3 is 1.13 bits per heavy atom. The van der Waals surface area contributed by atoms with Crippen LogP contribution < -0.4 is 5.46 Å². The second kappa shape index (κ2) is 12.1. The zero-order valence-corrected chi connectivity index (χ0v) is 28.0. The quantitative estimate of drug-likeness (QED) is 0.167. The average Bonchev–Trinajstić information content (AvgIpc) is 3.91. The van der Waals surface area contributed by atoms with Crippen LogP contribution in [0.15, 0.2) is 176 Å². The zero-order chi connectivity index (χ0) is 34.6. The van der Waals surface area contributed by atoms with Crippen LogP contribution >= 0.6 is 0 Å². The summed E-state index contributed by atoms with van der Waals surface area (Å²) in [6.07, 6.45) is 0. The van der Waals surface area contributed by atoms with Gasteiger partial charge in [-0.2, -0.15) is 0 Å². The van der Waals surface area contributed by atoms with Gasteiger partial charge < -0.3 is 0 Å². The fourth-order valence-electron chi connectivity index (χ4n) is 7.29. The van der Waals surface area contributed by atoms with Gasteiger partial charge in [-0.25, -0.2) is 15.0 Å². The minimum absolute atomic E-state index is 0.667. The van der Waals surface area contributed by atoms with Gasteiger partial charge >= 0.3 is 0 Å².